The van der Waals surface area contributed by atoms with Crippen LogP contribution in [0, 0.1) is 16.7 Å². The first kappa shape index (κ1) is 10.5. The maximum Gasteiger partial charge on any atom is 0.0751 e. The van der Waals surface area contributed by atoms with Gasteiger partial charge in [-0.2, -0.15) is 5.26 Å². The van der Waals surface area contributed by atoms with Crippen LogP contribution in [0.4, 0.5) is 0 Å². The van der Waals surface area contributed by atoms with Crippen molar-refractivity contribution in [1.29, 1.82) is 5.26 Å². The average molecular weight is 183 g/mol. The lowest BCUT2D eigenvalue weighted by Gasteiger charge is -2.25. The number of rotatable bonds is 3. The minimum atomic E-state index is -0.363. The van der Waals surface area contributed by atoms with Crippen LogP contribution in [0.1, 0.15) is 26.7 Å². The van der Waals surface area contributed by atoms with Gasteiger partial charge in [0.15, 0.2) is 0 Å². The number of nitriles is 1. The molecule has 3 heteroatoms. The quantitative estimate of drug-likeness (QED) is 0.669. The van der Waals surface area contributed by atoms with Crippen LogP contribution in [-0.4, -0.2) is 25.9 Å². The summed E-state index contributed by atoms with van der Waals surface area (Å²) in [6, 6.07) is 2.22. The molecule has 0 amide bonds. The smallest absolute Gasteiger partial charge is 0.0751 e. The average Bonchev–Trinajstić information content (AvgIpc) is 2.17. The van der Waals surface area contributed by atoms with Gasteiger partial charge in [-0.1, -0.05) is 0 Å². The Morgan fingerprint density at radius 1 is 1.46 bits per heavy atom. The van der Waals surface area contributed by atoms with Gasteiger partial charge < -0.3 is 9.47 Å². The van der Waals surface area contributed by atoms with Crippen molar-refractivity contribution in [2.45, 2.75) is 32.8 Å². The van der Waals surface area contributed by atoms with Gasteiger partial charge in [-0.3, -0.25) is 0 Å². The number of ether oxygens (including phenoxy) is 2. The minimum Gasteiger partial charge on any atom is -0.381 e. The maximum absolute atomic E-state index is 8.77. The van der Waals surface area contributed by atoms with Gasteiger partial charge in [0.05, 0.1) is 24.2 Å². The molecule has 0 aliphatic carbocycles. The van der Waals surface area contributed by atoms with E-state index in [0.717, 1.165) is 26.1 Å². The van der Waals surface area contributed by atoms with E-state index in [4.69, 9.17) is 14.7 Å². The van der Waals surface area contributed by atoms with Crippen molar-refractivity contribution in [3.63, 3.8) is 0 Å². The van der Waals surface area contributed by atoms with Crippen LogP contribution in [0.15, 0.2) is 0 Å². The van der Waals surface area contributed by atoms with Gasteiger partial charge in [0.25, 0.3) is 0 Å². The molecule has 13 heavy (non-hydrogen) atoms. The Labute approximate surface area is 79.6 Å². The van der Waals surface area contributed by atoms with E-state index in [-0.39, 0.29) is 5.41 Å². The topological polar surface area (TPSA) is 42.2 Å². The Kier molecular flexibility index (Phi) is 3.71. The fraction of sp³-hybridized carbons (Fsp3) is 0.900. The Hall–Kier alpha value is -0.590. The molecular weight excluding hydrogens is 166 g/mol. The molecule has 1 fully saturated rings. The Morgan fingerprint density at radius 3 is 2.62 bits per heavy atom. The lowest BCUT2D eigenvalue weighted by molar-refractivity contribution is -0.0475. The Balaban J connectivity index is 2.22. The van der Waals surface area contributed by atoms with Crippen LogP contribution in [0.25, 0.3) is 0 Å². The fourth-order valence-electron chi connectivity index (χ4n) is 1.20. The van der Waals surface area contributed by atoms with E-state index in [1.165, 1.54) is 0 Å². The van der Waals surface area contributed by atoms with Gasteiger partial charge in [-0.05, 0) is 26.7 Å². The van der Waals surface area contributed by atoms with Crippen molar-refractivity contribution in [2.75, 3.05) is 19.8 Å². The van der Waals surface area contributed by atoms with Crippen molar-refractivity contribution >= 4 is 0 Å². The van der Waals surface area contributed by atoms with Crippen LogP contribution in [-0.2, 0) is 9.47 Å². The summed E-state index contributed by atoms with van der Waals surface area (Å²) in [7, 11) is 0. The molecule has 1 aliphatic heterocycles. The molecule has 1 heterocycles. The van der Waals surface area contributed by atoms with Crippen LogP contribution in [0.5, 0.6) is 0 Å². The molecule has 0 aromatic carbocycles. The molecule has 0 saturated carbocycles. The van der Waals surface area contributed by atoms with E-state index in [9.17, 15) is 0 Å². The highest BCUT2D eigenvalue weighted by atomic mass is 16.5. The zero-order valence-corrected chi connectivity index (χ0v) is 8.38. The van der Waals surface area contributed by atoms with Gasteiger partial charge >= 0.3 is 0 Å². The van der Waals surface area contributed by atoms with E-state index >= 15 is 0 Å². The fourth-order valence-corrected chi connectivity index (χ4v) is 1.20. The van der Waals surface area contributed by atoms with E-state index in [1.807, 2.05) is 13.8 Å². The summed E-state index contributed by atoms with van der Waals surface area (Å²) in [5.41, 5.74) is -0.363. The molecule has 0 spiro atoms. The summed E-state index contributed by atoms with van der Waals surface area (Å²) in [5.74, 6) is 0. The second-order valence-corrected chi connectivity index (χ2v) is 4.12. The SMILES string of the molecule is CC(C)(C#N)COC1CCOCC1. The molecule has 3 nitrogen and oxygen atoms in total. The van der Waals surface area contributed by atoms with E-state index in [0.29, 0.717) is 12.7 Å². The van der Waals surface area contributed by atoms with Crippen molar-refractivity contribution in [3.8, 4) is 6.07 Å². The normalized spacial score (nSPS) is 19.8. The third kappa shape index (κ3) is 3.75. The highest BCUT2D eigenvalue weighted by Gasteiger charge is 2.21. The predicted octanol–water partition coefficient (Wildman–Crippen LogP) is 1.73. The summed E-state index contributed by atoms with van der Waals surface area (Å²) < 4.78 is 10.8. The maximum atomic E-state index is 8.77. The Bertz CT molecular complexity index is 190. The van der Waals surface area contributed by atoms with Gasteiger partial charge in [0, 0.05) is 13.2 Å². The third-order valence-corrected chi connectivity index (χ3v) is 2.15. The molecule has 1 saturated heterocycles. The zero-order chi connectivity index (χ0) is 9.73. The van der Waals surface area contributed by atoms with Crippen LogP contribution >= 0.6 is 0 Å². The molecule has 0 bridgehead atoms. The van der Waals surface area contributed by atoms with Gasteiger partial charge in [-0.15, -0.1) is 0 Å². The van der Waals surface area contributed by atoms with E-state index in [2.05, 4.69) is 6.07 Å². The minimum absolute atomic E-state index is 0.293. The van der Waals surface area contributed by atoms with Crippen molar-refractivity contribution in [2.24, 2.45) is 5.41 Å². The first-order valence-electron chi connectivity index (χ1n) is 4.75. The van der Waals surface area contributed by atoms with E-state index in [1.54, 1.807) is 0 Å². The predicted molar refractivity (Wildman–Crippen MR) is 49.2 cm³/mol. The van der Waals surface area contributed by atoms with E-state index < -0.39 is 0 Å². The monoisotopic (exact) mass is 183 g/mol. The third-order valence-electron chi connectivity index (χ3n) is 2.15. The van der Waals surface area contributed by atoms with Gasteiger partial charge in [-0.25, -0.2) is 0 Å². The molecule has 1 rings (SSSR count). The van der Waals surface area contributed by atoms with Crippen molar-refractivity contribution in [3.05, 3.63) is 0 Å². The molecule has 0 aromatic rings. The zero-order valence-electron chi connectivity index (χ0n) is 8.38. The Morgan fingerprint density at radius 2 is 2.08 bits per heavy atom. The largest absolute Gasteiger partial charge is 0.381 e. The first-order chi connectivity index (χ1) is 6.14. The molecule has 0 radical (unpaired) electrons. The summed E-state index contributed by atoms with van der Waals surface area (Å²) in [5, 5.41) is 8.77. The highest BCUT2D eigenvalue weighted by Crippen LogP contribution is 2.18. The van der Waals surface area contributed by atoms with Crippen molar-refractivity contribution < 1.29 is 9.47 Å². The van der Waals surface area contributed by atoms with Gasteiger partial charge in [0.1, 0.15) is 0 Å². The second-order valence-electron chi connectivity index (χ2n) is 4.12. The summed E-state index contributed by atoms with van der Waals surface area (Å²) in [4.78, 5) is 0. The van der Waals surface area contributed by atoms with Gasteiger partial charge in [0.2, 0.25) is 0 Å². The first-order valence-corrected chi connectivity index (χ1v) is 4.75. The lowest BCUT2D eigenvalue weighted by Crippen LogP contribution is -2.28. The molecule has 0 aromatic heterocycles. The molecule has 0 unspecified atom stereocenters. The standard InChI is InChI=1S/C10H17NO2/c1-10(2,7-11)8-13-9-3-5-12-6-4-9/h9H,3-6,8H2,1-2H3. The van der Waals surface area contributed by atoms with Crippen LogP contribution in [0.2, 0.25) is 0 Å². The summed E-state index contributed by atoms with van der Waals surface area (Å²) in [6.07, 6.45) is 2.21. The molecule has 0 atom stereocenters. The lowest BCUT2D eigenvalue weighted by atomic mass is 9.97. The molecule has 0 N–H and O–H groups in total. The number of nitrogens with zero attached hydrogens (tertiary/aromatic N) is 1. The molecule has 74 valence electrons. The number of hydrogen-bond acceptors (Lipinski definition) is 3. The molecule has 1 aliphatic rings. The van der Waals surface area contributed by atoms with Crippen molar-refractivity contribution in [1.82, 2.24) is 0 Å². The second kappa shape index (κ2) is 4.59. The highest BCUT2D eigenvalue weighted by molar-refractivity contribution is 4.91. The molecular formula is C10H17NO2. The van der Waals surface area contributed by atoms with Crippen LogP contribution in [0.3, 0.4) is 0 Å². The van der Waals surface area contributed by atoms with Crippen LogP contribution < -0.4 is 0 Å². The summed E-state index contributed by atoms with van der Waals surface area (Å²) >= 11 is 0. The number of hydrogen-bond donors (Lipinski definition) is 0. The summed E-state index contributed by atoms with van der Waals surface area (Å²) in [6.45, 7) is 5.89.